The number of carbonyl (C=O) groups excluding carboxylic acids is 1. The third kappa shape index (κ3) is 9.64. The van der Waals surface area contributed by atoms with Gasteiger partial charge in [0.25, 0.3) is 5.91 Å². The molecule has 1 amide bonds. The first-order valence-corrected chi connectivity index (χ1v) is 8.45. The maximum absolute atomic E-state index is 12.2. The van der Waals surface area contributed by atoms with E-state index in [0.29, 0.717) is 24.7 Å². The van der Waals surface area contributed by atoms with Gasteiger partial charge in [0.15, 0.2) is 5.96 Å². The van der Waals surface area contributed by atoms with Crippen molar-refractivity contribution in [3.63, 3.8) is 0 Å². The van der Waals surface area contributed by atoms with E-state index >= 15 is 0 Å². The Labute approximate surface area is 168 Å². The zero-order chi connectivity index (χ0) is 17.9. The standard InChI is InChI=1S/C18H31N5O.HI/c1-6-14(2)22-18(19-3)21-13-15-8-7-9-16(12-15)17(24)20-10-11-23(4)5;/h7-9,12,14H,6,10-11,13H2,1-5H3,(H,20,24)(H2,19,21,22);1H. The highest BCUT2D eigenvalue weighted by Crippen LogP contribution is 2.05. The lowest BCUT2D eigenvalue weighted by molar-refractivity contribution is 0.0951. The van der Waals surface area contributed by atoms with Crippen molar-refractivity contribution in [1.29, 1.82) is 0 Å². The van der Waals surface area contributed by atoms with Crippen molar-refractivity contribution in [1.82, 2.24) is 20.9 Å². The fraction of sp³-hybridized carbons (Fsp3) is 0.556. The van der Waals surface area contributed by atoms with Crippen LogP contribution in [0.5, 0.6) is 0 Å². The molecule has 1 rings (SSSR count). The summed E-state index contributed by atoms with van der Waals surface area (Å²) in [5.74, 6) is 0.728. The van der Waals surface area contributed by atoms with Gasteiger partial charge in [0, 0.05) is 38.3 Å². The normalized spacial score (nSPS) is 12.3. The summed E-state index contributed by atoms with van der Waals surface area (Å²) in [6, 6.07) is 8.02. The predicted octanol–water partition coefficient (Wildman–Crippen LogP) is 2.06. The second-order valence-electron chi connectivity index (χ2n) is 6.14. The molecule has 7 heteroatoms. The fourth-order valence-corrected chi connectivity index (χ4v) is 2.03. The third-order valence-electron chi connectivity index (χ3n) is 3.71. The molecule has 0 bridgehead atoms. The predicted molar refractivity (Wildman–Crippen MR) is 116 cm³/mol. The zero-order valence-electron chi connectivity index (χ0n) is 15.9. The number of amides is 1. The van der Waals surface area contributed by atoms with E-state index in [1.807, 2.05) is 43.3 Å². The number of hydrogen-bond acceptors (Lipinski definition) is 3. The molecule has 6 nitrogen and oxygen atoms in total. The van der Waals surface area contributed by atoms with Gasteiger partial charge in [-0.05, 0) is 45.1 Å². The lowest BCUT2D eigenvalue weighted by Crippen LogP contribution is -2.41. The molecule has 0 saturated carbocycles. The Kier molecular flexibility index (Phi) is 12.2. The lowest BCUT2D eigenvalue weighted by Gasteiger charge is -2.16. The summed E-state index contributed by atoms with van der Waals surface area (Å²) >= 11 is 0. The second-order valence-corrected chi connectivity index (χ2v) is 6.14. The van der Waals surface area contributed by atoms with Gasteiger partial charge in [-0.25, -0.2) is 0 Å². The molecule has 0 aliphatic heterocycles. The molecule has 1 unspecified atom stereocenters. The van der Waals surface area contributed by atoms with E-state index in [-0.39, 0.29) is 29.9 Å². The molecular weight excluding hydrogens is 429 g/mol. The maximum Gasteiger partial charge on any atom is 0.251 e. The smallest absolute Gasteiger partial charge is 0.251 e. The monoisotopic (exact) mass is 461 g/mol. The molecule has 0 radical (unpaired) electrons. The van der Waals surface area contributed by atoms with E-state index < -0.39 is 0 Å². The largest absolute Gasteiger partial charge is 0.354 e. The summed E-state index contributed by atoms with van der Waals surface area (Å²) in [7, 11) is 5.73. The van der Waals surface area contributed by atoms with E-state index in [0.717, 1.165) is 24.5 Å². The first kappa shape index (κ1) is 23.6. The molecule has 0 aliphatic carbocycles. The Morgan fingerprint density at radius 2 is 2.00 bits per heavy atom. The van der Waals surface area contributed by atoms with Crippen LogP contribution in [0.15, 0.2) is 29.3 Å². The molecule has 3 N–H and O–H groups in total. The first-order valence-electron chi connectivity index (χ1n) is 8.45. The van der Waals surface area contributed by atoms with Crippen molar-refractivity contribution in [2.45, 2.75) is 32.9 Å². The molecule has 0 heterocycles. The Morgan fingerprint density at radius 3 is 2.60 bits per heavy atom. The number of benzene rings is 1. The van der Waals surface area contributed by atoms with Gasteiger partial charge in [0.2, 0.25) is 0 Å². The minimum absolute atomic E-state index is 0. The third-order valence-corrected chi connectivity index (χ3v) is 3.71. The van der Waals surface area contributed by atoms with Crippen LogP contribution in [0, 0.1) is 0 Å². The molecule has 1 aromatic carbocycles. The molecule has 0 saturated heterocycles. The zero-order valence-corrected chi connectivity index (χ0v) is 18.3. The number of rotatable bonds is 8. The Bertz CT molecular complexity index is 548. The van der Waals surface area contributed by atoms with Crippen LogP contribution >= 0.6 is 24.0 Å². The number of halogens is 1. The number of nitrogens with one attached hydrogen (secondary N) is 3. The molecule has 0 aromatic heterocycles. The number of nitrogens with zero attached hydrogens (tertiary/aromatic N) is 2. The molecular formula is C18H32IN5O. The van der Waals surface area contributed by atoms with Gasteiger partial charge >= 0.3 is 0 Å². The van der Waals surface area contributed by atoms with Gasteiger partial charge in [0.05, 0.1) is 0 Å². The molecule has 0 spiro atoms. The molecule has 0 fully saturated rings. The minimum Gasteiger partial charge on any atom is -0.354 e. The van der Waals surface area contributed by atoms with Gasteiger partial charge in [-0.3, -0.25) is 9.79 Å². The van der Waals surface area contributed by atoms with E-state index in [9.17, 15) is 4.79 Å². The van der Waals surface area contributed by atoms with E-state index in [2.05, 4.69) is 34.8 Å². The molecule has 0 aliphatic rings. The van der Waals surface area contributed by atoms with Crippen LogP contribution in [0.1, 0.15) is 36.2 Å². The highest BCUT2D eigenvalue weighted by atomic mass is 127. The molecule has 25 heavy (non-hydrogen) atoms. The van der Waals surface area contributed by atoms with Crippen LogP contribution in [0.25, 0.3) is 0 Å². The summed E-state index contributed by atoms with van der Waals surface area (Å²) in [5.41, 5.74) is 1.72. The first-order chi connectivity index (χ1) is 11.5. The van der Waals surface area contributed by atoms with Gasteiger partial charge in [-0.1, -0.05) is 19.1 Å². The van der Waals surface area contributed by atoms with Crippen LogP contribution in [0.3, 0.4) is 0 Å². The Hall–Kier alpha value is -1.35. The van der Waals surface area contributed by atoms with Crippen molar-refractivity contribution in [2.75, 3.05) is 34.2 Å². The number of carbonyl (C=O) groups is 1. The van der Waals surface area contributed by atoms with Gasteiger partial charge in [-0.2, -0.15) is 0 Å². The summed E-state index contributed by atoms with van der Waals surface area (Å²) in [6.45, 7) is 6.33. The van der Waals surface area contributed by atoms with Crippen LogP contribution in [-0.4, -0.2) is 57.0 Å². The summed E-state index contributed by atoms with van der Waals surface area (Å²) < 4.78 is 0. The minimum atomic E-state index is -0.0409. The van der Waals surface area contributed by atoms with E-state index in [1.165, 1.54) is 0 Å². The van der Waals surface area contributed by atoms with E-state index in [1.54, 1.807) is 7.05 Å². The molecule has 1 aromatic rings. The maximum atomic E-state index is 12.2. The average molecular weight is 461 g/mol. The Morgan fingerprint density at radius 1 is 1.28 bits per heavy atom. The number of aliphatic imine (C=N–C) groups is 1. The van der Waals surface area contributed by atoms with Crippen LogP contribution in [0.2, 0.25) is 0 Å². The lowest BCUT2D eigenvalue weighted by atomic mass is 10.1. The van der Waals surface area contributed by atoms with Crippen LogP contribution in [0.4, 0.5) is 0 Å². The summed E-state index contributed by atoms with van der Waals surface area (Å²) in [4.78, 5) is 18.4. The molecule has 1 atom stereocenters. The summed E-state index contributed by atoms with van der Waals surface area (Å²) in [5, 5.41) is 9.52. The second kappa shape index (κ2) is 12.9. The topological polar surface area (TPSA) is 68.8 Å². The summed E-state index contributed by atoms with van der Waals surface area (Å²) in [6.07, 6.45) is 1.03. The van der Waals surface area contributed by atoms with Crippen molar-refractivity contribution in [3.05, 3.63) is 35.4 Å². The average Bonchev–Trinajstić information content (AvgIpc) is 2.58. The number of guanidine groups is 1. The van der Waals surface area contributed by atoms with Gasteiger partial charge in [-0.15, -0.1) is 24.0 Å². The van der Waals surface area contributed by atoms with Gasteiger partial charge in [0.1, 0.15) is 0 Å². The van der Waals surface area contributed by atoms with E-state index in [4.69, 9.17) is 0 Å². The Balaban J connectivity index is 0.00000576. The highest BCUT2D eigenvalue weighted by molar-refractivity contribution is 14.0. The van der Waals surface area contributed by atoms with Crippen molar-refractivity contribution >= 4 is 35.8 Å². The number of likely N-dealkylation sites (N-methyl/N-ethyl adjacent to an activating group) is 1. The fourth-order valence-electron chi connectivity index (χ4n) is 2.03. The molecule has 142 valence electrons. The van der Waals surface area contributed by atoms with Crippen molar-refractivity contribution < 1.29 is 4.79 Å². The van der Waals surface area contributed by atoms with Crippen LogP contribution < -0.4 is 16.0 Å². The van der Waals surface area contributed by atoms with Crippen LogP contribution in [-0.2, 0) is 6.54 Å². The van der Waals surface area contributed by atoms with Crippen molar-refractivity contribution in [2.24, 2.45) is 4.99 Å². The number of hydrogen-bond donors (Lipinski definition) is 3. The van der Waals surface area contributed by atoms with Gasteiger partial charge < -0.3 is 20.9 Å². The van der Waals surface area contributed by atoms with Crippen molar-refractivity contribution in [3.8, 4) is 0 Å². The quantitative estimate of drug-likeness (QED) is 0.315. The highest BCUT2D eigenvalue weighted by Gasteiger charge is 2.07. The SMILES string of the molecule is CCC(C)NC(=NC)NCc1cccc(C(=O)NCCN(C)C)c1.I.